The van der Waals surface area contributed by atoms with Crippen LogP contribution in [0.15, 0.2) is 29.2 Å². The molecule has 0 aliphatic carbocycles. The first-order valence-electron chi connectivity index (χ1n) is 6.76. The Morgan fingerprint density at radius 3 is 2.05 bits per heavy atom. The minimum Gasteiger partial charge on any atom is -0.298 e. The molecule has 0 spiro atoms. The van der Waals surface area contributed by atoms with E-state index in [-0.39, 0.29) is 17.3 Å². The van der Waals surface area contributed by atoms with Crippen LogP contribution in [0.5, 0.6) is 0 Å². The van der Waals surface area contributed by atoms with Crippen LogP contribution in [0.3, 0.4) is 0 Å². The van der Waals surface area contributed by atoms with Gasteiger partial charge in [-0.2, -0.15) is 0 Å². The third kappa shape index (κ3) is 4.93. The summed E-state index contributed by atoms with van der Waals surface area (Å²) in [5.41, 5.74) is 0.685. The Labute approximate surface area is 124 Å². The standard InChI is InChI=1S/C16H20O3S/c1-4-5-6-15(19)13-7-9-14(10-8-13)20-16(11(2)17)12(3)18/h7-10,16H,4-6H2,1-3H3. The van der Waals surface area contributed by atoms with Gasteiger partial charge < -0.3 is 0 Å². The average Bonchev–Trinajstić information content (AvgIpc) is 2.42. The number of Topliss-reactive ketones (excluding diaryl/α,β-unsaturated/α-hetero) is 3. The molecule has 4 heteroatoms. The van der Waals surface area contributed by atoms with E-state index in [2.05, 4.69) is 6.92 Å². The average molecular weight is 292 g/mol. The molecular weight excluding hydrogens is 272 g/mol. The Morgan fingerprint density at radius 1 is 1.05 bits per heavy atom. The Kier molecular flexibility index (Phi) is 6.65. The van der Waals surface area contributed by atoms with Crippen LogP contribution in [0.1, 0.15) is 50.4 Å². The van der Waals surface area contributed by atoms with E-state index in [1.807, 2.05) is 0 Å². The van der Waals surface area contributed by atoms with Crippen molar-refractivity contribution in [2.24, 2.45) is 0 Å². The highest BCUT2D eigenvalue weighted by Crippen LogP contribution is 2.25. The molecule has 0 saturated carbocycles. The topological polar surface area (TPSA) is 51.2 Å². The molecule has 0 radical (unpaired) electrons. The first-order valence-corrected chi connectivity index (χ1v) is 7.64. The van der Waals surface area contributed by atoms with Gasteiger partial charge in [0.25, 0.3) is 0 Å². The van der Waals surface area contributed by atoms with Crippen molar-refractivity contribution in [3.63, 3.8) is 0 Å². The molecule has 0 heterocycles. The molecule has 1 rings (SSSR count). The molecule has 0 bridgehead atoms. The molecule has 0 unspecified atom stereocenters. The Hall–Kier alpha value is -1.42. The van der Waals surface area contributed by atoms with Gasteiger partial charge in [0.1, 0.15) is 5.25 Å². The quantitative estimate of drug-likeness (QED) is 0.416. The van der Waals surface area contributed by atoms with Gasteiger partial charge in [0.15, 0.2) is 17.3 Å². The number of carbonyl (C=O) groups excluding carboxylic acids is 3. The largest absolute Gasteiger partial charge is 0.298 e. The molecule has 0 amide bonds. The summed E-state index contributed by atoms with van der Waals surface area (Å²) in [7, 11) is 0. The van der Waals surface area contributed by atoms with Crippen molar-refractivity contribution in [1.29, 1.82) is 0 Å². The zero-order valence-corrected chi connectivity index (χ0v) is 13.0. The first-order chi connectivity index (χ1) is 9.45. The Bertz CT molecular complexity index is 477. The van der Waals surface area contributed by atoms with E-state index in [4.69, 9.17) is 0 Å². The SMILES string of the molecule is CCCCC(=O)c1ccc(SC(C(C)=O)C(C)=O)cc1. The van der Waals surface area contributed by atoms with E-state index >= 15 is 0 Å². The smallest absolute Gasteiger partial charge is 0.162 e. The summed E-state index contributed by atoms with van der Waals surface area (Å²) in [6, 6.07) is 7.11. The third-order valence-corrected chi connectivity index (χ3v) is 4.37. The fourth-order valence-electron chi connectivity index (χ4n) is 1.79. The number of benzene rings is 1. The minimum atomic E-state index is -0.656. The van der Waals surface area contributed by atoms with Gasteiger partial charge in [0.2, 0.25) is 0 Å². The second-order valence-electron chi connectivity index (χ2n) is 4.77. The number of rotatable bonds is 8. The molecule has 0 fully saturated rings. The highest BCUT2D eigenvalue weighted by molar-refractivity contribution is 8.01. The maximum absolute atomic E-state index is 11.8. The van der Waals surface area contributed by atoms with Gasteiger partial charge in [-0.25, -0.2) is 0 Å². The van der Waals surface area contributed by atoms with Crippen molar-refractivity contribution in [2.45, 2.75) is 50.2 Å². The van der Waals surface area contributed by atoms with Crippen LogP contribution >= 0.6 is 11.8 Å². The molecule has 108 valence electrons. The van der Waals surface area contributed by atoms with Crippen LogP contribution in [-0.2, 0) is 9.59 Å². The van der Waals surface area contributed by atoms with Gasteiger partial charge in [-0.05, 0) is 32.4 Å². The fourth-order valence-corrected chi connectivity index (χ4v) is 2.69. The predicted molar refractivity (Wildman–Crippen MR) is 81.3 cm³/mol. The molecule has 1 aromatic carbocycles. The van der Waals surface area contributed by atoms with E-state index in [1.165, 1.54) is 25.6 Å². The maximum Gasteiger partial charge on any atom is 0.162 e. The van der Waals surface area contributed by atoms with Gasteiger partial charge in [0, 0.05) is 16.9 Å². The number of ketones is 3. The lowest BCUT2D eigenvalue weighted by molar-refractivity contribution is -0.123. The van der Waals surface area contributed by atoms with Crippen molar-refractivity contribution in [2.75, 3.05) is 0 Å². The maximum atomic E-state index is 11.8. The van der Waals surface area contributed by atoms with Gasteiger partial charge >= 0.3 is 0 Å². The van der Waals surface area contributed by atoms with E-state index in [0.717, 1.165) is 17.7 Å². The van der Waals surface area contributed by atoms with Crippen LogP contribution in [-0.4, -0.2) is 22.6 Å². The zero-order chi connectivity index (χ0) is 15.1. The monoisotopic (exact) mass is 292 g/mol. The molecule has 0 atom stereocenters. The van der Waals surface area contributed by atoms with Crippen molar-refractivity contribution in [3.05, 3.63) is 29.8 Å². The van der Waals surface area contributed by atoms with Crippen molar-refractivity contribution >= 4 is 29.1 Å². The lowest BCUT2D eigenvalue weighted by atomic mass is 10.1. The van der Waals surface area contributed by atoms with Crippen molar-refractivity contribution in [1.82, 2.24) is 0 Å². The van der Waals surface area contributed by atoms with E-state index < -0.39 is 5.25 Å². The molecule has 20 heavy (non-hydrogen) atoms. The summed E-state index contributed by atoms with van der Waals surface area (Å²) >= 11 is 1.23. The zero-order valence-electron chi connectivity index (χ0n) is 12.1. The molecule has 1 aromatic rings. The molecule has 0 aromatic heterocycles. The Morgan fingerprint density at radius 2 is 1.60 bits per heavy atom. The van der Waals surface area contributed by atoms with Gasteiger partial charge in [-0.15, -0.1) is 11.8 Å². The van der Waals surface area contributed by atoms with Crippen LogP contribution in [0.4, 0.5) is 0 Å². The number of hydrogen-bond acceptors (Lipinski definition) is 4. The van der Waals surface area contributed by atoms with E-state index in [9.17, 15) is 14.4 Å². The molecular formula is C16H20O3S. The summed E-state index contributed by atoms with van der Waals surface area (Å²) in [6.07, 6.45) is 2.46. The highest BCUT2D eigenvalue weighted by atomic mass is 32.2. The van der Waals surface area contributed by atoms with Crippen LogP contribution in [0, 0.1) is 0 Å². The van der Waals surface area contributed by atoms with E-state index in [1.54, 1.807) is 24.3 Å². The van der Waals surface area contributed by atoms with Crippen LogP contribution in [0.25, 0.3) is 0 Å². The Balaban J connectivity index is 2.73. The molecule has 0 N–H and O–H groups in total. The minimum absolute atomic E-state index is 0.137. The van der Waals surface area contributed by atoms with Crippen LogP contribution < -0.4 is 0 Å². The molecule has 0 aliphatic heterocycles. The predicted octanol–water partition coefficient (Wildman–Crippen LogP) is 3.70. The number of carbonyl (C=O) groups is 3. The van der Waals surface area contributed by atoms with E-state index in [0.29, 0.717) is 12.0 Å². The summed E-state index contributed by atoms with van der Waals surface area (Å²) in [5, 5.41) is -0.656. The second-order valence-corrected chi connectivity index (χ2v) is 5.95. The highest BCUT2D eigenvalue weighted by Gasteiger charge is 2.20. The summed E-state index contributed by atoms with van der Waals surface area (Å²) < 4.78 is 0. The first kappa shape index (κ1) is 16.6. The fraction of sp³-hybridized carbons (Fsp3) is 0.438. The molecule has 0 aliphatic rings. The number of unbranched alkanes of at least 4 members (excludes halogenated alkanes) is 1. The summed E-state index contributed by atoms with van der Waals surface area (Å²) in [4.78, 5) is 35.4. The normalized spacial score (nSPS) is 10.6. The summed E-state index contributed by atoms with van der Waals surface area (Å²) in [6.45, 7) is 4.89. The lowest BCUT2D eigenvalue weighted by Gasteiger charge is -2.10. The number of thioether (sulfide) groups is 1. The van der Waals surface area contributed by atoms with Gasteiger partial charge in [0.05, 0.1) is 0 Å². The van der Waals surface area contributed by atoms with Crippen molar-refractivity contribution in [3.8, 4) is 0 Å². The second kappa shape index (κ2) is 8.00. The lowest BCUT2D eigenvalue weighted by Crippen LogP contribution is -2.21. The molecule has 0 saturated heterocycles. The third-order valence-electron chi connectivity index (χ3n) is 2.93. The number of hydrogen-bond donors (Lipinski definition) is 0. The molecule has 3 nitrogen and oxygen atoms in total. The van der Waals surface area contributed by atoms with Gasteiger partial charge in [-0.1, -0.05) is 25.5 Å². The van der Waals surface area contributed by atoms with Crippen LogP contribution in [0.2, 0.25) is 0 Å². The van der Waals surface area contributed by atoms with Gasteiger partial charge in [-0.3, -0.25) is 14.4 Å². The summed E-state index contributed by atoms with van der Waals surface area (Å²) in [5.74, 6) is -0.158. The van der Waals surface area contributed by atoms with Crippen molar-refractivity contribution < 1.29 is 14.4 Å².